The van der Waals surface area contributed by atoms with E-state index in [1.165, 1.54) is 0 Å². The van der Waals surface area contributed by atoms with E-state index in [2.05, 4.69) is 9.46 Å². The Labute approximate surface area is 121 Å². The number of ether oxygens (including phenoxy) is 1. The average Bonchev–Trinajstić information content (AvgIpc) is 2.25. The van der Waals surface area contributed by atoms with Crippen LogP contribution in [-0.2, 0) is 11.4 Å². The Bertz CT molecular complexity index is 493. The molecule has 0 aromatic heterocycles. The molecule has 21 heavy (non-hydrogen) atoms. The van der Waals surface area contributed by atoms with E-state index in [-0.39, 0.29) is 5.69 Å². The molecule has 1 N–H and O–H groups in total. The zero-order valence-corrected chi connectivity index (χ0v) is 12.2. The van der Waals surface area contributed by atoms with E-state index in [1.807, 2.05) is 0 Å². The standard InChI is InChI=1S/C12H14F5NO2S/c1-11(2,3)21(19)18-8-4-7(13)5-9(6-8)20-12(16,17)10(14)15/h4-6,10,18H,1-3H3/t21-/m1/s1. The molecule has 0 fully saturated rings. The molecule has 0 aliphatic carbocycles. The van der Waals surface area contributed by atoms with E-state index in [9.17, 15) is 26.5 Å². The Balaban J connectivity index is 2.95. The number of benzene rings is 1. The summed E-state index contributed by atoms with van der Waals surface area (Å²) in [5.41, 5.74) is -0.122. The molecular formula is C12H14F5NO2S. The van der Waals surface area contributed by atoms with Gasteiger partial charge in [-0.25, -0.2) is 9.11 Å². The van der Waals surface area contributed by atoms with Crippen molar-refractivity contribution < 1.29 is 31.2 Å². The minimum absolute atomic E-state index is 0.122. The maximum Gasteiger partial charge on any atom is 0.461 e. The highest BCUT2D eigenvalue weighted by Gasteiger charge is 2.44. The van der Waals surface area contributed by atoms with Gasteiger partial charge in [-0.05, 0) is 20.8 Å². The molecule has 1 aromatic rings. The van der Waals surface area contributed by atoms with Gasteiger partial charge in [-0.3, -0.25) is 0 Å². The summed E-state index contributed by atoms with van der Waals surface area (Å²) < 4.78 is 80.2. The van der Waals surface area contributed by atoms with Crippen molar-refractivity contribution in [2.24, 2.45) is 0 Å². The second-order valence-electron chi connectivity index (χ2n) is 5.12. The number of alkyl halides is 4. The van der Waals surface area contributed by atoms with Gasteiger partial charge in [0.1, 0.15) is 16.3 Å². The van der Waals surface area contributed by atoms with Crippen molar-refractivity contribution in [3.05, 3.63) is 24.0 Å². The predicted molar refractivity (Wildman–Crippen MR) is 69.5 cm³/mol. The molecule has 0 spiro atoms. The van der Waals surface area contributed by atoms with Crippen molar-refractivity contribution >= 4 is 17.0 Å². The van der Waals surface area contributed by atoms with E-state index in [4.69, 9.17) is 0 Å². The Morgan fingerprint density at radius 2 is 1.76 bits per heavy atom. The number of hydrogen-bond acceptors (Lipinski definition) is 3. The van der Waals surface area contributed by atoms with Gasteiger partial charge in [0.25, 0.3) is 0 Å². The van der Waals surface area contributed by atoms with Crippen LogP contribution < -0.4 is 9.46 Å². The summed E-state index contributed by atoms with van der Waals surface area (Å²) in [6, 6.07) is 2.28. The minimum atomic E-state index is -4.74. The van der Waals surface area contributed by atoms with Gasteiger partial charge in [0.05, 0.1) is 17.0 Å². The fraction of sp³-hybridized carbons (Fsp3) is 0.500. The van der Waals surface area contributed by atoms with Gasteiger partial charge in [0, 0.05) is 18.2 Å². The number of rotatable bonds is 5. The quantitative estimate of drug-likeness (QED) is 0.657. The van der Waals surface area contributed by atoms with Gasteiger partial charge in [-0.2, -0.15) is 17.6 Å². The van der Waals surface area contributed by atoms with Gasteiger partial charge in [0.2, 0.25) is 0 Å². The summed E-state index contributed by atoms with van der Waals surface area (Å²) in [4.78, 5) is 0. The van der Waals surface area contributed by atoms with Gasteiger partial charge in [-0.15, -0.1) is 0 Å². The lowest BCUT2D eigenvalue weighted by Gasteiger charge is -2.24. The van der Waals surface area contributed by atoms with Crippen LogP contribution in [-0.4, -0.2) is 21.8 Å². The molecule has 0 bridgehead atoms. The number of hydrogen-bond donors (Lipinski definition) is 1. The van der Waals surface area contributed by atoms with Gasteiger partial charge in [0.15, 0.2) is 0 Å². The van der Waals surface area contributed by atoms with Crippen LogP contribution in [0.5, 0.6) is 5.75 Å². The minimum Gasteiger partial charge on any atom is -0.593 e. The normalized spacial score (nSPS) is 14.2. The van der Waals surface area contributed by atoms with Crippen molar-refractivity contribution in [2.75, 3.05) is 4.72 Å². The van der Waals surface area contributed by atoms with E-state index in [1.54, 1.807) is 20.8 Å². The number of halogens is 5. The predicted octanol–water partition coefficient (Wildman–Crippen LogP) is 3.94. The maximum atomic E-state index is 13.3. The Morgan fingerprint density at radius 3 is 2.24 bits per heavy atom. The second-order valence-corrected chi connectivity index (χ2v) is 7.09. The maximum absolute atomic E-state index is 13.3. The van der Waals surface area contributed by atoms with Crippen LogP contribution in [0.3, 0.4) is 0 Å². The van der Waals surface area contributed by atoms with Gasteiger partial charge in [-0.1, -0.05) is 0 Å². The lowest BCUT2D eigenvalue weighted by molar-refractivity contribution is -0.253. The van der Waals surface area contributed by atoms with Crippen LogP contribution in [0.4, 0.5) is 27.6 Å². The lowest BCUT2D eigenvalue weighted by atomic mass is 10.3. The molecule has 1 atom stereocenters. The largest absolute Gasteiger partial charge is 0.593 e. The molecular weight excluding hydrogens is 317 g/mol. The third-order valence-electron chi connectivity index (χ3n) is 2.15. The second kappa shape index (κ2) is 6.27. The van der Waals surface area contributed by atoms with Crippen molar-refractivity contribution in [3.8, 4) is 5.75 Å². The monoisotopic (exact) mass is 331 g/mol. The van der Waals surface area contributed by atoms with Crippen LogP contribution in [0.15, 0.2) is 18.2 Å². The van der Waals surface area contributed by atoms with Crippen LogP contribution in [0.2, 0.25) is 0 Å². The van der Waals surface area contributed by atoms with Gasteiger partial charge < -0.3 is 9.29 Å². The average molecular weight is 331 g/mol. The van der Waals surface area contributed by atoms with Crippen molar-refractivity contribution in [3.63, 3.8) is 0 Å². The molecule has 0 unspecified atom stereocenters. The number of anilines is 1. The molecule has 0 radical (unpaired) electrons. The third-order valence-corrected chi connectivity index (χ3v) is 3.68. The SMILES string of the molecule is CC(C)(C)[S@@+]([O-])Nc1cc(F)cc(OC(F)(F)C(F)F)c1. The van der Waals surface area contributed by atoms with Crippen molar-refractivity contribution in [1.82, 2.24) is 0 Å². The fourth-order valence-corrected chi connectivity index (χ4v) is 1.78. The van der Waals surface area contributed by atoms with Crippen LogP contribution in [0.25, 0.3) is 0 Å². The summed E-state index contributed by atoms with van der Waals surface area (Å²) in [6.45, 7) is 4.91. The van der Waals surface area contributed by atoms with Crippen LogP contribution in [0.1, 0.15) is 20.8 Å². The summed E-state index contributed by atoms with van der Waals surface area (Å²) in [5.74, 6) is -1.79. The molecule has 120 valence electrons. The first-order valence-electron chi connectivity index (χ1n) is 5.76. The Kier molecular flexibility index (Phi) is 5.32. The Hall–Kier alpha value is -1.22. The van der Waals surface area contributed by atoms with Crippen LogP contribution in [0, 0.1) is 5.82 Å². The summed E-state index contributed by atoms with van der Waals surface area (Å²) in [7, 11) is 0. The molecule has 0 saturated carbocycles. The highest BCUT2D eigenvalue weighted by Crippen LogP contribution is 2.30. The third kappa shape index (κ3) is 5.24. The lowest BCUT2D eigenvalue weighted by Crippen LogP contribution is -2.34. The van der Waals surface area contributed by atoms with E-state index >= 15 is 0 Å². The van der Waals surface area contributed by atoms with Crippen molar-refractivity contribution in [2.45, 2.75) is 38.1 Å². The van der Waals surface area contributed by atoms with Crippen LogP contribution >= 0.6 is 0 Å². The van der Waals surface area contributed by atoms with Gasteiger partial charge >= 0.3 is 12.5 Å². The zero-order valence-electron chi connectivity index (χ0n) is 11.4. The summed E-state index contributed by atoms with van der Waals surface area (Å²) >= 11 is -1.64. The van der Waals surface area contributed by atoms with E-state index < -0.39 is 40.2 Å². The topological polar surface area (TPSA) is 44.3 Å². The molecule has 0 aliphatic heterocycles. The van der Waals surface area contributed by atoms with Crippen molar-refractivity contribution in [1.29, 1.82) is 0 Å². The summed E-state index contributed by atoms with van der Waals surface area (Å²) in [5, 5.41) is 0. The molecule has 9 heteroatoms. The molecule has 3 nitrogen and oxygen atoms in total. The highest BCUT2D eigenvalue weighted by atomic mass is 32.2. The zero-order chi connectivity index (χ0) is 16.4. The Morgan fingerprint density at radius 1 is 1.19 bits per heavy atom. The fourth-order valence-electron chi connectivity index (χ4n) is 1.14. The molecule has 0 heterocycles. The highest BCUT2D eigenvalue weighted by molar-refractivity contribution is 7.94. The molecule has 0 saturated heterocycles. The smallest absolute Gasteiger partial charge is 0.461 e. The molecule has 1 aromatic carbocycles. The molecule has 0 amide bonds. The first-order valence-corrected chi connectivity index (χ1v) is 6.91. The van der Waals surface area contributed by atoms with E-state index in [0.29, 0.717) is 6.07 Å². The first kappa shape index (κ1) is 17.8. The van der Waals surface area contributed by atoms with E-state index in [0.717, 1.165) is 12.1 Å². The summed E-state index contributed by atoms with van der Waals surface area (Å²) in [6.07, 6.45) is -8.80. The number of nitrogens with one attached hydrogen (secondary N) is 1. The molecule has 0 aliphatic rings. The molecule has 1 rings (SSSR count). The first-order chi connectivity index (χ1) is 9.41.